The van der Waals surface area contributed by atoms with Crippen LogP contribution in [0.5, 0.6) is 5.75 Å². The van der Waals surface area contributed by atoms with Crippen LogP contribution in [0.4, 0.5) is 15.8 Å². The molecule has 23 heavy (non-hydrogen) atoms. The van der Waals surface area contributed by atoms with Crippen LogP contribution in [0.25, 0.3) is 0 Å². The molecule has 1 aliphatic heterocycles. The van der Waals surface area contributed by atoms with Gasteiger partial charge in [-0.3, -0.25) is 9.59 Å². The van der Waals surface area contributed by atoms with Gasteiger partial charge in [0.05, 0.1) is 13.0 Å². The van der Waals surface area contributed by atoms with Crippen molar-refractivity contribution in [3.63, 3.8) is 0 Å². The van der Waals surface area contributed by atoms with E-state index in [4.69, 9.17) is 4.74 Å². The van der Waals surface area contributed by atoms with Crippen molar-refractivity contribution >= 4 is 23.2 Å². The standard InChI is InChI=1S/C17H15FN2O3/c1-23-12-4-2-3-11(8-12)19-17(22)14-9-16(21)20-15-7-10(18)5-6-13(14)15/h2-8,14H,9H2,1H3,(H,19,22)(H,20,21)/t14-/m1/s1. The predicted octanol–water partition coefficient (Wildman–Crippen LogP) is 2.90. The van der Waals surface area contributed by atoms with Gasteiger partial charge >= 0.3 is 0 Å². The molecule has 6 heteroatoms. The molecular weight excluding hydrogens is 299 g/mol. The Kier molecular flexibility index (Phi) is 3.97. The summed E-state index contributed by atoms with van der Waals surface area (Å²) in [6, 6.07) is 11.0. The van der Waals surface area contributed by atoms with Crippen molar-refractivity contribution in [2.45, 2.75) is 12.3 Å². The number of nitrogens with one attached hydrogen (secondary N) is 2. The van der Waals surface area contributed by atoms with Crippen LogP contribution in [-0.4, -0.2) is 18.9 Å². The molecule has 2 amide bonds. The molecular formula is C17H15FN2O3. The molecule has 1 aliphatic rings. The minimum atomic E-state index is -0.662. The van der Waals surface area contributed by atoms with Gasteiger partial charge in [0.25, 0.3) is 0 Å². The van der Waals surface area contributed by atoms with Gasteiger partial charge in [0, 0.05) is 23.9 Å². The molecule has 0 unspecified atom stereocenters. The number of amides is 2. The largest absolute Gasteiger partial charge is 0.497 e. The van der Waals surface area contributed by atoms with E-state index in [0.29, 0.717) is 22.7 Å². The SMILES string of the molecule is COc1cccc(NC(=O)[C@@H]2CC(=O)Nc3cc(F)ccc32)c1. The second kappa shape index (κ2) is 6.08. The van der Waals surface area contributed by atoms with Gasteiger partial charge in [0.2, 0.25) is 11.8 Å². The second-order valence-electron chi connectivity index (χ2n) is 5.26. The number of ether oxygens (including phenoxy) is 1. The van der Waals surface area contributed by atoms with Crippen molar-refractivity contribution in [2.75, 3.05) is 17.7 Å². The van der Waals surface area contributed by atoms with Crippen LogP contribution in [0, 0.1) is 5.82 Å². The predicted molar refractivity (Wildman–Crippen MR) is 84.0 cm³/mol. The molecule has 0 saturated carbocycles. The topological polar surface area (TPSA) is 67.4 Å². The fourth-order valence-corrected chi connectivity index (χ4v) is 2.60. The fraction of sp³-hybridized carbons (Fsp3) is 0.176. The molecule has 1 atom stereocenters. The first-order valence-electron chi connectivity index (χ1n) is 7.11. The first kappa shape index (κ1) is 15.0. The second-order valence-corrected chi connectivity index (χ2v) is 5.26. The number of benzene rings is 2. The van der Waals surface area contributed by atoms with Gasteiger partial charge in [-0.15, -0.1) is 0 Å². The van der Waals surface area contributed by atoms with E-state index < -0.39 is 11.7 Å². The maximum Gasteiger partial charge on any atom is 0.232 e. The number of fused-ring (bicyclic) bond motifs is 1. The monoisotopic (exact) mass is 314 g/mol. The Morgan fingerprint density at radius 2 is 2.13 bits per heavy atom. The first-order valence-corrected chi connectivity index (χ1v) is 7.11. The smallest absolute Gasteiger partial charge is 0.232 e. The van der Waals surface area contributed by atoms with E-state index in [-0.39, 0.29) is 18.2 Å². The zero-order valence-corrected chi connectivity index (χ0v) is 12.4. The summed E-state index contributed by atoms with van der Waals surface area (Å²) in [6.07, 6.45) is 0.0223. The molecule has 0 spiro atoms. The highest BCUT2D eigenvalue weighted by Gasteiger charge is 2.31. The number of anilines is 2. The maximum absolute atomic E-state index is 13.3. The van der Waals surface area contributed by atoms with Crippen LogP contribution < -0.4 is 15.4 Å². The molecule has 0 radical (unpaired) electrons. The van der Waals surface area contributed by atoms with Crippen molar-refractivity contribution in [1.29, 1.82) is 0 Å². The van der Waals surface area contributed by atoms with Crippen molar-refractivity contribution in [1.82, 2.24) is 0 Å². The van der Waals surface area contributed by atoms with E-state index in [1.54, 1.807) is 24.3 Å². The highest BCUT2D eigenvalue weighted by atomic mass is 19.1. The lowest BCUT2D eigenvalue weighted by molar-refractivity contribution is -0.123. The van der Waals surface area contributed by atoms with Gasteiger partial charge in [0.1, 0.15) is 11.6 Å². The zero-order valence-electron chi connectivity index (χ0n) is 12.4. The maximum atomic E-state index is 13.3. The molecule has 0 saturated heterocycles. The van der Waals surface area contributed by atoms with E-state index in [1.165, 1.54) is 25.3 Å². The summed E-state index contributed by atoms with van der Waals surface area (Å²) in [5.74, 6) is -1.13. The van der Waals surface area contributed by atoms with Crippen molar-refractivity contribution in [2.24, 2.45) is 0 Å². The Hall–Kier alpha value is -2.89. The number of methoxy groups -OCH3 is 1. The Labute approximate surface area is 132 Å². The number of hydrogen-bond donors (Lipinski definition) is 2. The van der Waals surface area contributed by atoms with Crippen LogP contribution in [0.3, 0.4) is 0 Å². The molecule has 2 aromatic carbocycles. The van der Waals surface area contributed by atoms with Crippen molar-refractivity contribution in [3.05, 3.63) is 53.8 Å². The molecule has 5 nitrogen and oxygen atoms in total. The number of hydrogen-bond acceptors (Lipinski definition) is 3. The van der Waals surface area contributed by atoms with Gasteiger partial charge in [-0.05, 0) is 29.8 Å². The summed E-state index contributed by atoms with van der Waals surface area (Å²) >= 11 is 0. The normalized spacial score (nSPS) is 16.3. The molecule has 3 rings (SSSR count). The summed E-state index contributed by atoms with van der Waals surface area (Å²) in [7, 11) is 1.54. The quantitative estimate of drug-likeness (QED) is 0.915. The van der Waals surface area contributed by atoms with Crippen molar-refractivity contribution in [3.8, 4) is 5.75 Å². The molecule has 0 fully saturated rings. The summed E-state index contributed by atoms with van der Waals surface area (Å²) in [6.45, 7) is 0. The third-order valence-corrected chi connectivity index (χ3v) is 3.71. The van der Waals surface area contributed by atoms with Crippen molar-refractivity contribution < 1.29 is 18.7 Å². The Bertz CT molecular complexity index is 776. The molecule has 118 valence electrons. The average Bonchev–Trinajstić information content (AvgIpc) is 2.53. The minimum absolute atomic E-state index is 0.0223. The summed E-state index contributed by atoms with van der Waals surface area (Å²) in [5, 5.41) is 5.36. The van der Waals surface area contributed by atoms with Crippen LogP contribution in [-0.2, 0) is 9.59 Å². The van der Waals surface area contributed by atoms with E-state index in [0.717, 1.165) is 0 Å². The summed E-state index contributed by atoms with van der Waals surface area (Å²) < 4.78 is 18.4. The molecule has 1 heterocycles. The average molecular weight is 314 g/mol. The molecule has 0 bridgehead atoms. The summed E-state index contributed by atoms with van der Waals surface area (Å²) in [4.78, 5) is 24.3. The highest BCUT2D eigenvalue weighted by Crippen LogP contribution is 2.33. The van der Waals surface area contributed by atoms with Gasteiger partial charge in [0.15, 0.2) is 0 Å². The molecule has 2 aromatic rings. The van der Waals surface area contributed by atoms with Crippen LogP contribution in [0.15, 0.2) is 42.5 Å². The number of halogens is 1. The Morgan fingerprint density at radius 3 is 2.91 bits per heavy atom. The number of rotatable bonds is 3. The Morgan fingerprint density at radius 1 is 1.30 bits per heavy atom. The number of carbonyl (C=O) groups excluding carboxylic acids is 2. The lowest BCUT2D eigenvalue weighted by Gasteiger charge is -2.25. The number of carbonyl (C=O) groups is 2. The first-order chi connectivity index (χ1) is 11.1. The molecule has 0 aliphatic carbocycles. The Balaban J connectivity index is 1.86. The van der Waals surface area contributed by atoms with E-state index >= 15 is 0 Å². The minimum Gasteiger partial charge on any atom is -0.497 e. The fourth-order valence-electron chi connectivity index (χ4n) is 2.60. The van der Waals surface area contributed by atoms with E-state index in [9.17, 15) is 14.0 Å². The van der Waals surface area contributed by atoms with Crippen LogP contribution in [0.1, 0.15) is 17.9 Å². The van der Waals surface area contributed by atoms with Gasteiger partial charge in [-0.2, -0.15) is 0 Å². The lowest BCUT2D eigenvalue weighted by Crippen LogP contribution is -2.30. The van der Waals surface area contributed by atoms with E-state index in [2.05, 4.69) is 10.6 Å². The third-order valence-electron chi connectivity index (χ3n) is 3.71. The van der Waals surface area contributed by atoms with Gasteiger partial charge < -0.3 is 15.4 Å². The van der Waals surface area contributed by atoms with Crippen LogP contribution >= 0.6 is 0 Å². The zero-order chi connectivity index (χ0) is 16.4. The van der Waals surface area contributed by atoms with Gasteiger partial charge in [-0.25, -0.2) is 4.39 Å². The van der Waals surface area contributed by atoms with Gasteiger partial charge in [-0.1, -0.05) is 12.1 Å². The molecule has 2 N–H and O–H groups in total. The molecule has 0 aromatic heterocycles. The lowest BCUT2D eigenvalue weighted by atomic mass is 9.89. The third kappa shape index (κ3) is 3.15. The van der Waals surface area contributed by atoms with Crippen LogP contribution in [0.2, 0.25) is 0 Å². The highest BCUT2D eigenvalue weighted by molar-refractivity contribution is 6.05. The van der Waals surface area contributed by atoms with E-state index in [1.807, 2.05) is 0 Å². The summed E-state index contributed by atoms with van der Waals surface area (Å²) in [5.41, 5.74) is 1.52.